The van der Waals surface area contributed by atoms with Crippen molar-refractivity contribution in [3.63, 3.8) is 0 Å². The lowest BCUT2D eigenvalue weighted by molar-refractivity contribution is -0.183. The monoisotopic (exact) mass is 532 g/mol. The van der Waals surface area contributed by atoms with Gasteiger partial charge in [0.1, 0.15) is 17.7 Å². The highest BCUT2D eigenvalue weighted by molar-refractivity contribution is 5.85. The summed E-state index contributed by atoms with van der Waals surface area (Å²) in [5, 5.41) is 3.01. The van der Waals surface area contributed by atoms with Crippen molar-refractivity contribution in [1.82, 2.24) is 10.2 Å². The molecule has 0 aromatic heterocycles. The van der Waals surface area contributed by atoms with Gasteiger partial charge in [0.2, 0.25) is 0 Å². The Bertz CT molecular complexity index is 1110. The van der Waals surface area contributed by atoms with Gasteiger partial charge in [-0.25, -0.2) is 8.78 Å². The molecule has 2 fully saturated rings. The molecule has 38 heavy (non-hydrogen) atoms. The van der Waals surface area contributed by atoms with Crippen molar-refractivity contribution in [2.75, 3.05) is 27.2 Å². The summed E-state index contributed by atoms with van der Waals surface area (Å²) in [7, 11) is 3.86. The third-order valence-electron chi connectivity index (χ3n) is 7.01. The Kier molecular flexibility index (Phi) is 8.84. The van der Waals surface area contributed by atoms with Gasteiger partial charge in [0, 0.05) is 31.5 Å². The molecule has 1 heterocycles. The summed E-state index contributed by atoms with van der Waals surface area (Å²) in [6, 6.07) is 11.6. The quantitative estimate of drug-likeness (QED) is 0.497. The third-order valence-corrected chi connectivity index (χ3v) is 7.01. The number of rotatable bonds is 10. The topological polar surface area (TPSA) is 69.3 Å². The third kappa shape index (κ3) is 6.76. The zero-order valence-electron chi connectivity index (χ0n) is 22.8. The summed E-state index contributed by atoms with van der Waals surface area (Å²) in [5.41, 5.74) is 0.554. The van der Waals surface area contributed by atoms with Crippen LogP contribution in [0.2, 0.25) is 0 Å². The van der Waals surface area contributed by atoms with Gasteiger partial charge in [0.15, 0.2) is 11.4 Å². The van der Waals surface area contributed by atoms with Crippen LogP contribution in [0.25, 0.3) is 0 Å². The van der Waals surface area contributed by atoms with E-state index < -0.39 is 41.3 Å². The predicted octanol–water partition coefficient (Wildman–Crippen LogP) is 4.11. The van der Waals surface area contributed by atoms with Gasteiger partial charge in [0.05, 0.1) is 25.4 Å². The second kappa shape index (κ2) is 11.8. The fourth-order valence-electron chi connectivity index (χ4n) is 5.15. The molecule has 2 aromatic carbocycles. The Morgan fingerprint density at radius 1 is 1.08 bits per heavy atom. The molecule has 4 atom stereocenters. The summed E-state index contributed by atoms with van der Waals surface area (Å²) in [6.07, 6.45) is -1.33. The summed E-state index contributed by atoms with van der Waals surface area (Å²) in [5.74, 6) is -2.56. The maximum atomic E-state index is 14.4. The number of halogens is 2. The summed E-state index contributed by atoms with van der Waals surface area (Å²) in [6.45, 7) is 6.58. The van der Waals surface area contributed by atoms with Gasteiger partial charge >= 0.3 is 0 Å². The highest BCUT2D eigenvalue weighted by Gasteiger charge is 2.58. The Morgan fingerprint density at radius 2 is 1.79 bits per heavy atom. The zero-order chi connectivity index (χ0) is 27.5. The van der Waals surface area contributed by atoms with Crippen molar-refractivity contribution in [3.8, 4) is 0 Å². The molecule has 7 nitrogen and oxygen atoms in total. The van der Waals surface area contributed by atoms with Crippen LogP contribution in [0.1, 0.15) is 43.4 Å². The molecule has 4 rings (SSSR count). The fourth-order valence-corrected chi connectivity index (χ4v) is 5.15. The smallest absolute Gasteiger partial charge is 0.252 e. The zero-order valence-corrected chi connectivity index (χ0v) is 22.8. The average molecular weight is 533 g/mol. The molecule has 0 bridgehead atoms. The molecule has 1 saturated heterocycles. The molecular weight excluding hydrogens is 494 g/mol. The molecule has 2 aromatic rings. The van der Waals surface area contributed by atoms with Crippen LogP contribution in [0.4, 0.5) is 8.78 Å². The van der Waals surface area contributed by atoms with Gasteiger partial charge in [-0.15, -0.1) is 0 Å². The molecule has 0 spiro atoms. The number of likely N-dealkylation sites (N-methyl/N-ethyl adjacent to an activating group) is 1. The first kappa shape index (κ1) is 28.6. The Hall–Kier alpha value is -2.43. The number of benzene rings is 2. The molecular formula is C29H38F2N2O5. The highest BCUT2D eigenvalue weighted by Crippen LogP contribution is 2.44. The van der Waals surface area contributed by atoms with Crippen LogP contribution in [-0.4, -0.2) is 67.7 Å². The molecule has 1 N–H and O–H groups in total. The number of nitrogens with zero attached hydrogens (tertiary/aromatic N) is 1. The fraction of sp³-hybridized carbons (Fsp3) is 0.552. The van der Waals surface area contributed by atoms with Gasteiger partial charge in [-0.2, -0.15) is 0 Å². The Labute approximate surface area is 223 Å². The molecule has 1 aliphatic heterocycles. The van der Waals surface area contributed by atoms with E-state index in [4.69, 9.17) is 18.9 Å². The number of amides is 1. The van der Waals surface area contributed by atoms with Gasteiger partial charge in [-0.05, 0) is 52.6 Å². The van der Waals surface area contributed by atoms with E-state index in [-0.39, 0.29) is 37.5 Å². The maximum Gasteiger partial charge on any atom is 0.252 e. The highest BCUT2D eigenvalue weighted by atomic mass is 19.1. The Morgan fingerprint density at radius 3 is 2.47 bits per heavy atom. The molecule has 0 unspecified atom stereocenters. The van der Waals surface area contributed by atoms with Crippen molar-refractivity contribution in [2.45, 2.75) is 76.5 Å². The van der Waals surface area contributed by atoms with Crippen LogP contribution in [0, 0.1) is 18.6 Å². The number of carbonyl (C=O) groups is 1. The molecule has 1 saturated carbocycles. The average Bonchev–Trinajstić information content (AvgIpc) is 3.16. The van der Waals surface area contributed by atoms with Crippen LogP contribution in [0.3, 0.4) is 0 Å². The minimum Gasteiger partial charge on any atom is -0.370 e. The van der Waals surface area contributed by atoms with E-state index in [0.29, 0.717) is 13.1 Å². The van der Waals surface area contributed by atoms with Gasteiger partial charge < -0.3 is 29.2 Å². The Balaban J connectivity index is 1.61. The van der Waals surface area contributed by atoms with E-state index >= 15 is 0 Å². The van der Waals surface area contributed by atoms with E-state index in [1.165, 1.54) is 18.2 Å². The largest absolute Gasteiger partial charge is 0.370 e. The number of nitrogens with one attached hydrogen (secondary N) is 1. The van der Waals surface area contributed by atoms with E-state index in [9.17, 15) is 13.6 Å². The second-order valence-electron chi connectivity index (χ2n) is 10.9. The van der Waals surface area contributed by atoms with Crippen LogP contribution < -0.4 is 5.32 Å². The molecule has 0 radical (unpaired) electrons. The summed E-state index contributed by atoms with van der Waals surface area (Å²) < 4.78 is 53.6. The van der Waals surface area contributed by atoms with E-state index in [0.717, 1.165) is 11.1 Å². The summed E-state index contributed by atoms with van der Waals surface area (Å²) in [4.78, 5) is 15.7. The molecule has 208 valence electrons. The van der Waals surface area contributed by atoms with Crippen molar-refractivity contribution in [3.05, 3.63) is 70.8 Å². The van der Waals surface area contributed by atoms with Gasteiger partial charge in [0.25, 0.3) is 5.91 Å². The number of hydrogen-bond acceptors (Lipinski definition) is 6. The lowest BCUT2D eigenvalue weighted by atomic mass is 9.78. The standard InChI is InChI=1S/C29H38F2N2O5/c1-19-8-6-9-20(14-19)17-36-29(27(34)32-12-13-33(4)5)15-24(26-25(16-29)37-28(2,3)38-26)35-18-21-22(30)10-7-11-23(21)31/h6-11,14,24-26H,12-13,15-18H2,1-5H3,(H,32,34)/t24-,25-,26+,29-/m1/s1. The van der Waals surface area contributed by atoms with Gasteiger partial charge in [-0.3, -0.25) is 4.79 Å². The number of ether oxygens (including phenoxy) is 4. The first-order chi connectivity index (χ1) is 18.0. The molecule has 2 aliphatic rings. The normalized spacial score (nSPS) is 26.4. The first-order valence-electron chi connectivity index (χ1n) is 13.0. The van der Waals surface area contributed by atoms with E-state index in [1.807, 2.05) is 50.2 Å². The van der Waals surface area contributed by atoms with E-state index in [2.05, 4.69) is 5.32 Å². The van der Waals surface area contributed by atoms with Crippen LogP contribution >= 0.6 is 0 Å². The van der Waals surface area contributed by atoms with Crippen molar-refractivity contribution in [2.24, 2.45) is 0 Å². The first-order valence-corrected chi connectivity index (χ1v) is 13.0. The van der Waals surface area contributed by atoms with Crippen molar-refractivity contribution in [1.29, 1.82) is 0 Å². The number of aryl methyl sites for hydroxylation is 1. The van der Waals surface area contributed by atoms with Crippen LogP contribution in [0.5, 0.6) is 0 Å². The van der Waals surface area contributed by atoms with E-state index in [1.54, 1.807) is 13.8 Å². The second-order valence-corrected chi connectivity index (χ2v) is 10.9. The van der Waals surface area contributed by atoms with Crippen LogP contribution in [0.15, 0.2) is 42.5 Å². The van der Waals surface area contributed by atoms with Crippen LogP contribution in [-0.2, 0) is 37.0 Å². The minimum atomic E-state index is -1.29. The SMILES string of the molecule is Cc1cccc(CO[C@]2(C(=O)NCCN(C)C)C[C@@H](OCc3c(F)cccc3F)[C@@H]3OC(C)(C)O[C@@H]3C2)c1. The number of hydrogen-bond donors (Lipinski definition) is 1. The molecule has 9 heteroatoms. The van der Waals surface area contributed by atoms with Crippen molar-refractivity contribution >= 4 is 5.91 Å². The number of fused-ring (bicyclic) bond motifs is 1. The minimum absolute atomic E-state index is 0.142. The summed E-state index contributed by atoms with van der Waals surface area (Å²) >= 11 is 0. The molecule has 1 aliphatic carbocycles. The molecule has 1 amide bonds. The lowest BCUT2D eigenvalue weighted by Crippen LogP contribution is -2.60. The van der Waals surface area contributed by atoms with Gasteiger partial charge in [-0.1, -0.05) is 35.9 Å². The lowest BCUT2D eigenvalue weighted by Gasteiger charge is -2.43. The predicted molar refractivity (Wildman–Crippen MR) is 138 cm³/mol. The van der Waals surface area contributed by atoms with Crippen molar-refractivity contribution < 1.29 is 32.5 Å². The maximum absolute atomic E-state index is 14.4. The number of carbonyl (C=O) groups excluding carboxylic acids is 1.